The van der Waals surface area contributed by atoms with Gasteiger partial charge in [-0.2, -0.15) is 10.2 Å². The fourth-order valence-corrected chi connectivity index (χ4v) is 4.24. The van der Waals surface area contributed by atoms with Crippen LogP contribution in [0.2, 0.25) is 0 Å². The molecule has 7 heteroatoms. The quantitative estimate of drug-likeness (QED) is 0.280. The number of halogens is 1. The van der Waals surface area contributed by atoms with Crippen molar-refractivity contribution in [1.29, 1.82) is 0 Å². The lowest BCUT2D eigenvalue weighted by Crippen LogP contribution is -1.93. The maximum atomic E-state index is 10.3. The number of H-pyrrole nitrogens is 1. The van der Waals surface area contributed by atoms with Crippen LogP contribution in [0.3, 0.4) is 0 Å². The molecule has 2 N–H and O–H groups in total. The highest BCUT2D eigenvalue weighted by atomic mass is 79.9. The Hall–Kier alpha value is -4.10. The molecule has 6 aromatic rings. The van der Waals surface area contributed by atoms with Gasteiger partial charge in [0, 0.05) is 21.6 Å². The number of hydrogen-bond acceptors (Lipinski definition) is 4. The van der Waals surface area contributed by atoms with Crippen molar-refractivity contribution in [3.63, 3.8) is 0 Å². The van der Waals surface area contributed by atoms with E-state index in [2.05, 4.69) is 26.1 Å². The van der Waals surface area contributed by atoms with Gasteiger partial charge in [-0.1, -0.05) is 52.3 Å². The van der Waals surface area contributed by atoms with Crippen LogP contribution in [0.1, 0.15) is 0 Å². The first-order valence-corrected chi connectivity index (χ1v) is 11.1. The van der Waals surface area contributed by atoms with E-state index in [0.717, 1.165) is 26.7 Å². The van der Waals surface area contributed by atoms with Crippen molar-refractivity contribution >= 4 is 26.9 Å². The van der Waals surface area contributed by atoms with Gasteiger partial charge in [-0.15, -0.1) is 0 Å². The average Bonchev–Trinajstić information content (AvgIpc) is 3.58. The van der Waals surface area contributed by atoms with Gasteiger partial charge in [0.25, 0.3) is 0 Å². The molecule has 0 bridgehead atoms. The topological polar surface area (TPSA) is 79.9 Å². The normalized spacial score (nSPS) is 11.3. The molecule has 0 radical (unpaired) electrons. The van der Waals surface area contributed by atoms with Crippen LogP contribution >= 0.6 is 15.9 Å². The predicted octanol–water partition coefficient (Wildman–Crippen LogP) is 6.81. The minimum absolute atomic E-state index is 0.172. The van der Waals surface area contributed by atoms with Gasteiger partial charge >= 0.3 is 0 Å². The Kier molecular flexibility index (Phi) is 4.62. The molecule has 0 aliphatic rings. The van der Waals surface area contributed by atoms with Crippen LogP contribution in [0, 0.1) is 0 Å². The minimum atomic E-state index is 0.172. The second-order valence-electron chi connectivity index (χ2n) is 7.65. The van der Waals surface area contributed by atoms with E-state index >= 15 is 0 Å². The minimum Gasteiger partial charge on any atom is -0.507 e. The highest BCUT2D eigenvalue weighted by Crippen LogP contribution is 2.37. The van der Waals surface area contributed by atoms with Crippen molar-refractivity contribution in [2.75, 3.05) is 0 Å². The van der Waals surface area contributed by atoms with Gasteiger partial charge in [0.1, 0.15) is 17.0 Å². The van der Waals surface area contributed by atoms with Crippen molar-refractivity contribution in [3.8, 4) is 45.4 Å². The molecule has 3 aromatic heterocycles. The molecule has 0 unspecified atom stereocenters. The van der Waals surface area contributed by atoms with E-state index in [1.165, 1.54) is 0 Å². The maximum absolute atomic E-state index is 10.3. The van der Waals surface area contributed by atoms with Crippen LogP contribution in [0.15, 0.2) is 100 Å². The smallest absolute Gasteiger partial charge is 0.156 e. The fourth-order valence-electron chi connectivity index (χ4n) is 3.88. The van der Waals surface area contributed by atoms with Crippen LogP contribution in [0.5, 0.6) is 5.75 Å². The first kappa shape index (κ1) is 19.6. The predicted molar refractivity (Wildman–Crippen MR) is 131 cm³/mol. The number of phenolic OH excluding ortho intramolecular Hbond substituents is 1. The van der Waals surface area contributed by atoms with Crippen LogP contribution in [0.25, 0.3) is 50.6 Å². The molecule has 0 saturated carbocycles. The standard InChI is InChI=1S/C26H17BrN4O2/c27-17-10-11-23(32)19(13-17)21-14-22(29-28-21)20-15-31(18-7-2-1-3-8-18)30-26(20)25-12-16-6-4-5-9-24(16)33-25/h1-15,32H,(H,28,29). The third-order valence-electron chi connectivity index (χ3n) is 5.50. The molecule has 0 aliphatic carbocycles. The van der Waals surface area contributed by atoms with Crippen LogP contribution in [0.4, 0.5) is 0 Å². The van der Waals surface area contributed by atoms with Crippen molar-refractivity contribution in [2.45, 2.75) is 0 Å². The number of benzene rings is 3. The zero-order chi connectivity index (χ0) is 22.4. The summed E-state index contributed by atoms with van der Waals surface area (Å²) in [5.41, 5.74) is 5.29. The first-order chi connectivity index (χ1) is 16.2. The van der Waals surface area contributed by atoms with Gasteiger partial charge in [0.05, 0.1) is 22.6 Å². The molecular formula is C26H17BrN4O2. The molecule has 0 aliphatic heterocycles. The molecule has 0 fully saturated rings. The summed E-state index contributed by atoms with van der Waals surface area (Å²) < 4.78 is 8.82. The van der Waals surface area contributed by atoms with Gasteiger partial charge in [0.2, 0.25) is 0 Å². The van der Waals surface area contributed by atoms with Gasteiger partial charge in [0.15, 0.2) is 5.76 Å². The van der Waals surface area contributed by atoms with Crippen molar-refractivity contribution < 1.29 is 9.52 Å². The van der Waals surface area contributed by atoms with Crippen molar-refractivity contribution in [1.82, 2.24) is 20.0 Å². The summed E-state index contributed by atoms with van der Waals surface area (Å²) >= 11 is 3.46. The highest BCUT2D eigenvalue weighted by molar-refractivity contribution is 9.10. The number of fused-ring (bicyclic) bond motifs is 1. The number of rotatable bonds is 4. The number of nitrogens with one attached hydrogen (secondary N) is 1. The molecule has 0 saturated heterocycles. The average molecular weight is 497 g/mol. The number of aromatic amines is 1. The molecule has 0 amide bonds. The Balaban J connectivity index is 1.52. The maximum Gasteiger partial charge on any atom is 0.156 e. The SMILES string of the molecule is Oc1ccc(Br)cc1-c1cc(-c2cn(-c3ccccc3)nc2-c2cc3ccccc3o2)n[nH]1. The molecule has 3 heterocycles. The van der Waals surface area contributed by atoms with Gasteiger partial charge in [-0.25, -0.2) is 4.68 Å². The Bertz CT molecular complexity index is 1560. The third-order valence-corrected chi connectivity index (χ3v) is 5.99. The Morgan fingerprint density at radius 1 is 0.879 bits per heavy atom. The number of aromatic nitrogens is 4. The van der Waals surface area contributed by atoms with Gasteiger partial charge in [-0.3, -0.25) is 5.10 Å². The summed E-state index contributed by atoms with van der Waals surface area (Å²) in [4.78, 5) is 0. The fraction of sp³-hybridized carbons (Fsp3) is 0. The van der Waals surface area contributed by atoms with E-state index in [1.54, 1.807) is 12.1 Å². The Morgan fingerprint density at radius 3 is 2.55 bits per heavy atom. The molecular weight excluding hydrogens is 480 g/mol. The molecule has 3 aromatic carbocycles. The number of furan rings is 1. The summed E-state index contributed by atoms with van der Waals surface area (Å²) in [6.45, 7) is 0. The van der Waals surface area contributed by atoms with Crippen LogP contribution < -0.4 is 0 Å². The number of para-hydroxylation sites is 2. The number of hydrogen-bond donors (Lipinski definition) is 2. The number of nitrogens with zero attached hydrogens (tertiary/aromatic N) is 3. The summed E-state index contributed by atoms with van der Waals surface area (Å²) in [6.07, 6.45) is 1.94. The Labute approximate surface area is 197 Å². The zero-order valence-corrected chi connectivity index (χ0v) is 18.8. The van der Waals surface area contributed by atoms with E-state index in [4.69, 9.17) is 9.52 Å². The second kappa shape index (κ2) is 7.79. The number of aromatic hydroxyl groups is 1. The summed E-state index contributed by atoms with van der Waals surface area (Å²) in [5, 5.41) is 23.8. The molecule has 6 rings (SSSR count). The summed E-state index contributed by atoms with van der Waals surface area (Å²) in [5.74, 6) is 0.835. The van der Waals surface area contributed by atoms with Crippen LogP contribution in [-0.2, 0) is 0 Å². The second-order valence-corrected chi connectivity index (χ2v) is 8.56. The zero-order valence-electron chi connectivity index (χ0n) is 17.2. The van der Waals surface area contributed by atoms with E-state index in [0.29, 0.717) is 28.4 Å². The Morgan fingerprint density at radius 2 is 1.70 bits per heavy atom. The highest BCUT2D eigenvalue weighted by Gasteiger charge is 2.20. The first-order valence-electron chi connectivity index (χ1n) is 10.3. The number of phenols is 1. The molecule has 0 atom stereocenters. The molecule has 6 nitrogen and oxygen atoms in total. The summed E-state index contributed by atoms with van der Waals surface area (Å²) in [6, 6.07) is 27.0. The third kappa shape index (κ3) is 3.52. The lowest BCUT2D eigenvalue weighted by molar-refractivity contribution is 0.477. The van der Waals surface area contributed by atoms with E-state index in [-0.39, 0.29) is 5.75 Å². The van der Waals surface area contributed by atoms with E-state index < -0.39 is 0 Å². The van der Waals surface area contributed by atoms with Crippen LogP contribution in [-0.4, -0.2) is 25.1 Å². The van der Waals surface area contributed by atoms with Gasteiger partial charge < -0.3 is 9.52 Å². The lowest BCUT2D eigenvalue weighted by atomic mass is 10.1. The van der Waals surface area contributed by atoms with Gasteiger partial charge in [-0.05, 0) is 48.5 Å². The van der Waals surface area contributed by atoms with Crippen molar-refractivity contribution in [3.05, 3.63) is 95.6 Å². The molecule has 0 spiro atoms. The lowest BCUT2D eigenvalue weighted by Gasteiger charge is -2.01. The van der Waals surface area contributed by atoms with Crippen molar-refractivity contribution in [2.24, 2.45) is 0 Å². The van der Waals surface area contributed by atoms with E-state index in [1.807, 2.05) is 83.7 Å². The molecule has 33 heavy (non-hydrogen) atoms. The summed E-state index contributed by atoms with van der Waals surface area (Å²) in [7, 11) is 0. The largest absolute Gasteiger partial charge is 0.507 e. The van der Waals surface area contributed by atoms with E-state index in [9.17, 15) is 5.11 Å². The monoisotopic (exact) mass is 496 g/mol. The molecule has 160 valence electrons.